The number of halogens is 2. The van der Waals surface area contributed by atoms with Gasteiger partial charge in [-0.25, -0.2) is 23.7 Å². The van der Waals surface area contributed by atoms with Crippen molar-refractivity contribution in [1.29, 1.82) is 0 Å². The van der Waals surface area contributed by atoms with E-state index in [-0.39, 0.29) is 27.9 Å². The number of hydrogen-bond donors (Lipinski definition) is 2. The van der Waals surface area contributed by atoms with Crippen LogP contribution in [-0.4, -0.2) is 52.0 Å². The zero-order chi connectivity index (χ0) is 21.9. The molecule has 2 N–H and O–H groups in total. The number of aromatic nitrogens is 4. The van der Waals surface area contributed by atoms with Gasteiger partial charge in [-0.2, -0.15) is 0 Å². The minimum Gasteiger partial charge on any atom is -0.367 e. The van der Waals surface area contributed by atoms with Crippen LogP contribution in [0.5, 0.6) is 0 Å². The highest BCUT2D eigenvalue weighted by atomic mass is 32.2. The molecule has 0 bridgehead atoms. The van der Waals surface area contributed by atoms with E-state index < -0.39 is 11.6 Å². The predicted molar refractivity (Wildman–Crippen MR) is 115 cm³/mol. The summed E-state index contributed by atoms with van der Waals surface area (Å²) in [5.74, 6) is -1.16. The van der Waals surface area contributed by atoms with Crippen molar-refractivity contribution in [3.05, 3.63) is 51.9 Å². The lowest BCUT2D eigenvalue weighted by molar-refractivity contribution is 0.254. The lowest BCUT2D eigenvalue weighted by Gasteiger charge is -2.28. The minimum atomic E-state index is -0.897. The summed E-state index contributed by atoms with van der Waals surface area (Å²) in [6, 6.07) is 4.04. The van der Waals surface area contributed by atoms with Crippen LogP contribution in [0.1, 0.15) is 19.4 Å². The fourth-order valence-corrected chi connectivity index (χ4v) is 3.96. The summed E-state index contributed by atoms with van der Waals surface area (Å²) in [4.78, 5) is 29.5. The van der Waals surface area contributed by atoms with Gasteiger partial charge in [0.15, 0.2) is 28.3 Å². The summed E-state index contributed by atoms with van der Waals surface area (Å²) in [5, 5.41) is 3.62. The van der Waals surface area contributed by atoms with Crippen molar-refractivity contribution in [3.63, 3.8) is 0 Å². The molecule has 0 unspecified atom stereocenters. The normalized spacial score (nSPS) is 12.0. The SMILES string of the molecule is CN(C)CC(C)(C)CNc1nc(SCc2cccc(F)c2F)nc2[nH]c(=O)cnc12. The standard InChI is InChI=1S/C20H24F2N6OS/c1-20(2,11-28(3)4)10-24-17-16-18(25-14(29)8-23-16)27-19(26-17)30-9-12-6-5-7-13(21)15(12)22/h5-8H,9-11H2,1-4H3,(H2,24,25,26,27,29). The molecule has 0 saturated carbocycles. The van der Waals surface area contributed by atoms with E-state index >= 15 is 0 Å². The molecule has 0 amide bonds. The first kappa shape index (κ1) is 22.1. The fourth-order valence-electron chi connectivity index (χ4n) is 3.14. The van der Waals surface area contributed by atoms with Gasteiger partial charge in [0.25, 0.3) is 5.56 Å². The first-order valence-electron chi connectivity index (χ1n) is 9.36. The number of anilines is 1. The van der Waals surface area contributed by atoms with E-state index in [0.717, 1.165) is 24.4 Å². The third kappa shape index (κ3) is 5.51. The molecule has 0 spiro atoms. The Hall–Kier alpha value is -2.59. The Morgan fingerprint density at radius 2 is 2.00 bits per heavy atom. The van der Waals surface area contributed by atoms with Crippen LogP contribution >= 0.6 is 11.8 Å². The molecule has 160 valence electrons. The first-order valence-corrected chi connectivity index (χ1v) is 10.3. The molecule has 0 aliphatic carbocycles. The Morgan fingerprint density at radius 1 is 1.23 bits per heavy atom. The molecule has 7 nitrogen and oxygen atoms in total. The Morgan fingerprint density at radius 3 is 2.73 bits per heavy atom. The Bertz CT molecular complexity index is 1100. The smallest absolute Gasteiger partial charge is 0.268 e. The van der Waals surface area contributed by atoms with Crippen LogP contribution in [0.3, 0.4) is 0 Å². The van der Waals surface area contributed by atoms with E-state index in [1.165, 1.54) is 18.3 Å². The van der Waals surface area contributed by atoms with Gasteiger partial charge in [-0.15, -0.1) is 0 Å². The number of H-pyrrole nitrogens is 1. The highest BCUT2D eigenvalue weighted by Crippen LogP contribution is 2.26. The highest BCUT2D eigenvalue weighted by molar-refractivity contribution is 7.98. The quantitative estimate of drug-likeness (QED) is 0.416. The Labute approximate surface area is 177 Å². The number of nitrogens with zero attached hydrogens (tertiary/aromatic N) is 4. The van der Waals surface area contributed by atoms with Gasteiger partial charge in [0.2, 0.25) is 0 Å². The van der Waals surface area contributed by atoms with Gasteiger partial charge in [0.1, 0.15) is 5.52 Å². The third-order valence-corrected chi connectivity index (χ3v) is 5.18. The van der Waals surface area contributed by atoms with Crippen molar-refractivity contribution in [3.8, 4) is 0 Å². The second-order valence-electron chi connectivity index (χ2n) is 8.06. The summed E-state index contributed by atoms with van der Waals surface area (Å²) in [5.41, 5.74) is 0.502. The number of rotatable bonds is 8. The molecule has 2 heterocycles. The van der Waals surface area contributed by atoms with Crippen LogP contribution in [0, 0.1) is 17.0 Å². The van der Waals surface area contributed by atoms with E-state index in [4.69, 9.17) is 0 Å². The number of aromatic amines is 1. The molecule has 0 saturated heterocycles. The summed E-state index contributed by atoms with van der Waals surface area (Å²) < 4.78 is 27.4. The van der Waals surface area contributed by atoms with Crippen LogP contribution in [0.2, 0.25) is 0 Å². The molecule has 3 aromatic rings. The van der Waals surface area contributed by atoms with Gasteiger partial charge < -0.3 is 15.2 Å². The van der Waals surface area contributed by atoms with Gasteiger partial charge in [-0.3, -0.25) is 4.79 Å². The first-order chi connectivity index (χ1) is 14.1. The van der Waals surface area contributed by atoms with Crippen molar-refractivity contribution in [2.45, 2.75) is 24.8 Å². The van der Waals surface area contributed by atoms with Crippen molar-refractivity contribution in [2.24, 2.45) is 5.41 Å². The van der Waals surface area contributed by atoms with Crippen molar-refractivity contribution >= 4 is 28.7 Å². The maximum absolute atomic E-state index is 13.9. The number of hydrogen-bond acceptors (Lipinski definition) is 7. The molecule has 3 rings (SSSR count). The summed E-state index contributed by atoms with van der Waals surface area (Å²) >= 11 is 1.15. The average molecular weight is 435 g/mol. The molecule has 1 aromatic carbocycles. The van der Waals surface area contributed by atoms with E-state index in [2.05, 4.69) is 44.0 Å². The molecule has 10 heteroatoms. The zero-order valence-electron chi connectivity index (χ0n) is 17.3. The summed E-state index contributed by atoms with van der Waals surface area (Å²) in [6.07, 6.45) is 1.18. The van der Waals surface area contributed by atoms with Crippen molar-refractivity contribution in [2.75, 3.05) is 32.5 Å². The second-order valence-corrected chi connectivity index (χ2v) is 9.00. The molecular formula is C20H24F2N6OS. The van der Waals surface area contributed by atoms with Crippen LogP contribution in [0.25, 0.3) is 11.2 Å². The van der Waals surface area contributed by atoms with Crippen LogP contribution in [0.4, 0.5) is 14.6 Å². The lowest BCUT2D eigenvalue weighted by atomic mass is 9.93. The fraction of sp³-hybridized carbons (Fsp3) is 0.400. The third-order valence-electron chi connectivity index (χ3n) is 4.28. The predicted octanol–water partition coefficient (Wildman–Crippen LogP) is 3.28. The number of nitrogens with one attached hydrogen (secondary N) is 2. The van der Waals surface area contributed by atoms with Gasteiger partial charge in [-0.05, 0) is 25.6 Å². The lowest BCUT2D eigenvalue weighted by Crippen LogP contribution is -2.34. The van der Waals surface area contributed by atoms with Crippen molar-refractivity contribution < 1.29 is 8.78 Å². The monoisotopic (exact) mass is 434 g/mol. The molecule has 0 radical (unpaired) electrons. The molecule has 0 fully saturated rings. The Balaban J connectivity index is 1.88. The molecular weight excluding hydrogens is 410 g/mol. The topological polar surface area (TPSA) is 86.8 Å². The van der Waals surface area contributed by atoms with Crippen LogP contribution in [-0.2, 0) is 5.75 Å². The van der Waals surface area contributed by atoms with Crippen LogP contribution in [0.15, 0.2) is 34.3 Å². The summed E-state index contributed by atoms with van der Waals surface area (Å²) in [7, 11) is 4.02. The average Bonchev–Trinajstić information content (AvgIpc) is 2.66. The van der Waals surface area contributed by atoms with E-state index in [1.54, 1.807) is 0 Å². The highest BCUT2D eigenvalue weighted by Gasteiger charge is 2.20. The minimum absolute atomic E-state index is 0.0546. The van der Waals surface area contributed by atoms with Gasteiger partial charge >= 0.3 is 0 Å². The second kappa shape index (κ2) is 9.05. The van der Waals surface area contributed by atoms with Crippen molar-refractivity contribution in [1.82, 2.24) is 24.8 Å². The molecule has 30 heavy (non-hydrogen) atoms. The Kier molecular flexibility index (Phi) is 6.67. The number of thioether (sulfide) groups is 1. The maximum Gasteiger partial charge on any atom is 0.268 e. The number of benzene rings is 1. The molecule has 0 aliphatic heterocycles. The largest absolute Gasteiger partial charge is 0.367 e. The molecule has 0 atom stereocenters. The van der Waals surface area contributed by atoms with Gasteiger partial charge in [-0.1, -0.05) is 37.7 Å². The number of fused-ring (bicyclic) bond motifs is 1. The van der Waals surface area contributed by atoms with E-state index in [1.807, 2.05) is 14.1 Å². The van der Waals surface area contributed by atoms with E-state index in [0.29, 0.717) is 23.0 Å². The van der Waals surface area contributed by atoms with Gasteiger partial charge in [0, 0.05) is 24.4 Å². The maximum atomic E-state index is 13.9. The van der Waals surface area contributed by atoms with Crippen LogP contribution < -0.4 is 10.9 Å². The zero-order valence-corrected chi connectivity index (χ0v) is 18.1. The van der Waals surface area contributed by atoms with Gasteiger partial charge in [0.05, 0.1) is 6.20 Å². The summed E-state index contributed by atoms with van der Waals surface area (Å²) in [6.45, 7) is 5.72. The molecule has 2 aromatic heterocycles. The van der Waals surface area contributed by atoms with E-state index in [9.17, 15) is 13.6 Å². The molecule has 0 aliphatic rings.